The minimum atomic E-state index is -0.733. The summed E-state index contributed by atoms with van der Waals surface area (Å²) in [5.41, 5.74) is 9.90. The molecule has 5 rings (SSSR count). The van der Waals surface area contributed by atoms with Gasteiger partial charge in [0.1, 0.15) is 0 Å². The van der Waals surface area contributed by atoms with Crippen LogP contribution in [0.25, 0.3) is 5.65 Å². The predicted molar refractivity (Wildman–Crippen MR) is 114 cm³/mol. The van der Waals surface area contributed by atoms with E-state index in [-0.39, 0.29) is 23.6 Å². The van der Waals surface area contributed by atoms with E-state index in [0.717, 1.165) is 61.1 Å². The van der Waals surface area contributed by atoms with Crippen LogP contribution in [0.15, 0.2) is 30.6 Å². The van der Waals surface area contributed by atoms with Crippen LogP contribution in [0.3, 0.4) is 0 Å². The Morgan fingerprint density at radius 3 is 2.90 bits per heavy atom. The number of halogens is 1. The first-order valence-corrected chi connectivity index (χ1v) is 11.0. The van der Waals surface area contributed by atoms with Crippen molar-refractivity contribution in [3.63, 3.8) is 0 Å². The number of nitrogens with zero attached hydrogens (tertiary/aromatic N) is 5. The van der Waals surface area contributed by atoms with Crippen LogP contribution in [0.4, 0.5) is 4.39 Å². The van der Waals surface area contributed by atoms with Gasteiger partial charge in [-0.25, -0.2) is 14.5 Å². The van der Waals surface area contributed by atoms with Crippen molar-refractivity contribution in [3.8, 4) is 0 Å². The Hall–Kier alpha value is -2.87. The number of carbonyl (C=O) groups excluding carboxylic acids is 1. The summed E-state index contributed by atoms with van der Waals surface area (Å²) in [6, 6.07) is 5.09. The number of amides is 1. The molecule has 1 saturated carbocycles. The third-order valence-electron chi connectivity index (χ3n) is 6.64. The van der Waals surface area contributed by atoms with E-state index in [9.17, 15) is 9.18 Å². The van der Waals surface area contributed by atoms with Crippen LogP contribution < -0.4 is 5.73 Å². The maximum Gasteiger partial charge on any atom is 0.259 e. The predicted octanol–water partition coefficient (Wildman–Crippen LogP) is 3.53. The Morgan fingerprint density at radius 1 is 1.26 bits per heavy atom. The lowest BCUT2D eigenvalue weighted by atomic mass is 9.98. The maximum atomic E-state index is 14.2. The first-order valence-electron chi connectivity index (χ1n) is 11.0. The summed E-state index contributed by atoms with van der Waals surface area (Å²) in [5, 5.41) is 4.75. The third kappa shape index (κ3) is 3.69. The molecule has 7 nitrogen and oxygen atoms in total. The molecule has 3 aromatic heterocycles. The summed E-state index contributed by atoms with van der Waals surface area (Å²) in [5.74, 6) is -0.680. The van der Waals surface area contributed by atoms with Crippen LogP contribution in [0.2, 0.25) is 0 Å². The lowest BCUT2D eigenvalue weighted by Gasteiger charge is -2.34. The van der Waals surface area contributed by atoms with Crippen molar-refractivity contribution in [1.29, 1.82) is 0 Å². The number of nitrogens with two attached hydrogens (primary N) is 1. The van der Waals surface area contributed by atoms with E-state index in [0.29, 0.717) is 12.5 Å². The molecule has 2 aliphatic rings. The van der Waals surface area contributed by atoms with E-state index in [1.807, 2.05) is 12.3 Å². The molecule has 3 aromatic rings. The quantitative estimate of drug-likeness (QED) is 0.652. The van der Waals surface area contributed by atoms with Gasteiger partial charge in [-0.2, -0.15) is 9.49 Å². The van der Waals surface area contributed by atoms with Gasteiger partial charge in [0.05, 0.1) is 23.0 Å². The summed E-state index contributed by atoms with van der Waals surface area (Å²) in [7, 11) is 0. The van der Waals surface area contributed by atoms with E-state index in [1.54, 1.807) is 15.5 Å². The van der Waals surface area contributed by atoms with Crippen molar-refractivity contribution in [2.24, 2.45) is 5.73 Å². The number of hydrogen-bond donors (Lipinski definition) is 1. The number of aromatic nitrogens is 4. The molecule has 2 N–H and O–H groups in total. The average molecular weight is 423 g/mol. The number of likely N-dealkylation sites (tertiary alicyclic amines) is 1. The molecule has 3 unspecified atom stereocenters. The first kappa shape index (κ1) is 20.1. The van der Waals surface area contributed by atoms with Gasteiger partial charge in [0.25, 0.3) is 5.91 Å². The van der Waals surface area contributed by atoms with Gasteiger partial charge in [-0.05, 0) is 63.1 Å². The van der Waals surface area contributed by atoms with Crippen LogP contribution in [0.1, 0.15) is 77.8 Å². The zero-order valence-corrected chi connectivity index (χ0v) is 17.7. The number of pyridine rings is 1. The number of carbonyl (C=O) groups is 1. The third-order valence-corrected chi connectivity index (χ3v) is 6.64. The summed E-state index contributed by atoms with van der Waals surface area (Å²) in [4.78, 5) is 23.4. The zero-order chi connectivity index (χ0) is 21.5. The Balaban J connectivity index is 1.48. The molecule has 1 amide bonds. The highest BCUT2D eigenvalue weighted by molar-refractivity contribution is 5.94. The van der Waals surface area contributed by atoms with E-state index in [4.69, 9.17) is 15.8 Å². The lowest BCUT2D eigenvalue weighted by Crippen LogP contribution is -2.39. The fraction of sp³-hybridized carbons (Fsp3) is 0.478. The topological polar surface area (TPSA) is 89.4 Å². The normalized spacial score (nSPS) is 24.1. The average Bonchev–Trinajstić information content (AvgIpc) is 3.38. The summed E-state index contributed by atoms with van der Waals surface area (Å²) < 4.78 is 16.0. The van der Waals surface area contributed by atoms with Gasteiger partial charge < -0.3 is 10.6 Å². The van der Waals surface area contributed by atoms with Gasteiger partial charge >= 0.3 is 0 Å². The molecule has 1 saturated heterocycles. The number of fused-ring (bicyclic) bond motifs is 1. The molecule has 0 bridgehead atoms. The number of piperidine rings is 1. The van der Waals surface area contributed by atoms with E-state index in [2.05, 4.69) is 11.9 Å². The van der Waals surface area contributed by atoms with E-state index in [1.165, 1.54) is 12.3 Å². The van der Waals surface area contributed by atoms with Gasteiger partial charge in [0, 0.05) is 37.0 Å². The Kier molecular flexibility index (Phi) is 5.17. The SMILES string of the molecule is Cc1cn2nc(C3CCCCN3C(=O)c3cccnc3F)cc2nc1C1CCC(N)C1. The van der Waals surface area contributed by atoms with Crippen molar-refractivity contribution < 1.29 is 9.18 Å². The summed E-state index contributed by atoms with van der Waals surface area (Å²) >= 11 is 0. The molecule has 4 heterocycles. The largest absolute Gasteiger partial charge is 0.330 e. The summed E-state index contributed by atoms with van der Waals surface area (Å²) in [6.07, 6.45) is 9.11. The van der Waals surface area contributed by atoms with Crippen LogP contribution in [-0.4, -0.2) is 43.0 Å². The molecule has 0 radical (unpaired) electrons. The smallest absolute Gasteiger partial charge is 0.259 e. The molecule has 8 heteroatoms. The standard InChI is InChI=1S/C23H27FN6O/c1-14-13-30-20(27-21(14)15-7-8-16(25)11-15)12-18(28-30)19-6-2-3-10-29(19)23(31)17-5-4-9-26-22(17)24/h4-5,9,12-13,15-16,19H,2-3,6-8,10-11,25H2,1H3. The Morgan fingerprint density at radius 2 is 2.13 bits per heavy atom. The number of rotatable bonds is 3. The molecule has 2 fully saturated rings. The fourth-order valence-corrected chi connectivity index (χ4v) is 5.07. The first-order chi connectivity index (χ1) is 15.0. The highest BCUT2D eigenvalue weighted by Gasteiger charge is 2.32. The number of aryl methyl sites for hydroxylation is 1. The number of hydrogen-bond acceptors (Lipinski definition) is 5. The second kappa shape index (κ2) is 8.00. The molecule has 1 aliphatic heterocycles. The second-order valence-electron chi connectivity index (χ2n) is 8.80. The highest BCUT2D eigenvalue weighted by atomic mass is 19.1. The van der Waals surface area contributed by atoms with E-state index >= 15 is 0 Å². The maximum absolute atomic E-state index is 14.2. The van der Waals surface area contributed by atoms with Gasteiger partial charge in [-0.3, -0.25) is 4.79 Å². The fourth-order valence-electron chi connectivity index (χ4n) is 5.07. The molecule has 1 aliphatic carbocycles. The molecular formula is C23H27FN6O. The van der Waals surface area contributed by atoms with Crippen molar-refractivity contribution >= 4 is 11.6 Å². The van der Waals surface area contributed by atoms with Gasteiger partial charge in [0.15, 0.2) is 5.65 Å². The lowest BCUT2D eigenvalue weighted by molar-refractivity contribution is 0.0600. The molecular weight excluding hydrogens is 395 g/mol. The zero-order valence-electron chi connectivity index (χ0n) is 17.7. The van der Waals surface area contributed by atoms with Crippen molar-refractivity contribution in [2.45, 2.75) is 63.5 Å². The van der Waals surface area contributed by atoms with Gasteiger partial charge in [0.2, 0.25) is 5.95 Å². The Labute approximate surface area is 180 Å². The molecule has 0 aromatic carbocycles. The van der Waals surface area contributed by atoms with Crippen LogP contribution >= 0.6 is 0 Å². The van der Waals surface area contributed by atoms with Crippen molar-refractivity contribution in [1.82, 2.24) is 24.5 Å². The van der Waals surface area contributed by atoms with Gasteiger partial charge in [-0.15, -0.1) is 0 Å². The second-order valence-corrected chi connectivity index (χ2v) is 8.80. The van der Waals surface area contributed by atoms with E-state index < -0.39 is 5.95 Å². The van der Waals surface area contributed by atoms with Crippen molar-refractivity contribution in [3.05, 3.63) is 59.1 Å². The van der Waals surface area contributed by atoms with Crippen molar-refractivity contribution in [2.75, 3.05) is 6.54 Å². The van der Waals surface area contributed by atoms with Crippen LogP contribution in [-0.2, 0) is 0 Å². The highest BCUT2D eigenvalue weighted by Crippen LogP contribution is 2.35. The molecule has 0 spiro atoms. The van der Waals surface area contributed by atoms with Crippen LogP contribution in [0.5, 0.6) is 0 Å². The monoisotopic (exact) mass is 422 g/mol. The Bertz CT molecular complexity index is 1130. The van der Waals surface area contributed by atoms with Gasteiger partial charge in [-0.1, -0.05) is 0 Å². The molecule has 162 valence electrons. The minimum Gasteiger partial charge on any atom is -0.330 e. The molecule has 3 atom stereocenters. The molecule has 31 heavy (non-hydrogen) atoms. The van der Waals surface area contributed by atoms with Crippen LogP contribution in [0, 0.1) is 12.9 Å². The summed E-state index contributed by atoms with van der Waals surface area (Å²) in [6.45, 7) is 2.64. The minimum absolute atomic E-state index is 0.00647.